The second-order valence-corrected chi connectivity index (χ2v) is 8.33. The summed E-state index contributed by atoms with van der Waals surface area (Å²) in [6.07, 6.45) is 0. The first-order chi connectivity index (χ1) is 13.8. The molecule has 0 aromatic heterocycles. The molecule has 0 saturated heterocycles. The molecule has 0 unspecified atom stereocenters. The van der Waals surface area contributed by atoms with E-state index < -0.39 is 28.5 Å². The van der Waals surface area contributed by atoms with E-state index in [0.717, 1.165) is 11.1 Å². The summed E-state index contributed by atoms with van der Waals surface area (Å²) in [5.41, 5.74) is 2.22. The fourth-order valence-electron chi connectivity index (χ4n) is 2.74. The van der Waals surface area contributed by atoms with Crippen LogP contribution in [0.15, 0.2) is 53.4 Å². The van der Waals surface area contributed by atoms with Crippen LogP contribution in [-0.2, 0) is 26.1 Å². The van der Waals surface area contributed by atoms with Crippen molar-refractivity contribution in [1.82, 2.24) is 9.62 Å². The number of amides is 1. The first-order valence-electron chi connectivity index (χ1n) is 9.38. The van der Waals surface area contributed by atoms with Gasteiger partial charge in [0, 0.05) is 19.6 Å². The van der Waals surface area contributed by atoms with Crippen LogP contribution in [0.2, 0.25) is 0 Å². The Morgan fingerprint density at radius 2 is 1.62 bits per heavy atom. The van der Waals surface area contributed by atoms with E-state index in [1.165, 1.54) is 28.6 Å². The van der Waals surface area contributed by atoms with Gasteiger partial charge in [-0.2, -0.15) is 4.31 Å². The van der Waals surface area contributed by atoms with Crippen LogP contribution < -0.4 is 5.32 Å². The molecular formula is C21H26N2O5S. The topological polar surface area (TPSA) is 92.8 Å². The SMILES string of the molecule is CCN(CC)S(=O)(=O)c1ccc(C(=O)OCC(=O)NCc2ccccc2C)cc1. The number of benzene rings is 2. The van der Waals surface area contributed by atoms with Crippen LogP contribution >= 0.6 is 0 Å². The number of rotatable bonds is 9. The number of aryl methyl sites for hydroxylation is 1. The van der Waals surface area contributed by atoms with Crippen molar-refractivity contribution in [2.75, 3.05) is 19.7 Å². The molecule has 0 atom stereocenters. The zero-order valence-corrected chi connectivity index (χ0v) is 17.7. The number of carbonyl (C=O) groups is 2. The average Bonchev–Trinajstić information content (AvgIpc) is 2.72. The lowest BCUT2D eigenvalue weighted by Gasteiger charge is -2.18. The van der Waals surface area contributed by atoms with Crippen LogP contribution in [0.25, 0.3) is 0 Å². The Balaban J connectivity index is 1.91. The number of hydrogen-bond acceptors (Lipinski definition) is 5. The van der Waals surface area contributed by atoms with Crippen LogP contribution in [0.5, 0.6) is 0 Å². The minimum Gasteiger partial charge on any atom is -0.452 e. The van der Waals surface area contributed by atoms with Gasteiger partial charge in [0.05, 0.1) is 10.5 Å². The fraction of sp³-hybridized carbons (Fsp3) is 0.333. The second-order valence-electron chi connectivity index (χ2n) is 6.39. The molecule has 0 aliphatic rings. The van der Waals surface area contributed by atoms with Crippen molar-refractivity contribution < 1.29 is 22.7 Å². The van der Waals surface area contributed by atoms with E-state index in [1.54, 1.807) is 13.8 Å². The maximum absolute atomic E-state index is 12.5. The molecule has 0 aliphatic carbocycles. The van der Waals surface area contributed by atoms with Crippen molar-refractivity contribution >= 4 is 21.9 Å². The molecule has 0 saturated carbocycles. The standard InChI is InChI=1S/C21H26N2O5S/c1-4-23(5-2)29(26,27)19-12-10-17(11-13-19)21(25)28-15-20(24)22-14-18-9-7-6-8-16(18)3/h6-13H,4-5,14-15H2,1-3H3,(H,22,24). The molecule has 0 bridgehead atoms. The number of hydrogen-bond donors (Lipinski definition) is 1. The largest absolute Gasteiger partial charge is 0.452 e. The predicted molar refractivity (Wildman–Crippen MR) is 110 cm³/mol. The first-order valence-corrected chi connectivity index (χ1v) is 10.8. The van der Waals surface area contributed by atoms with Crippen LogP contribution in [-0.4, -0.2) is 44.3 Å². The van der Waals surface area contributed by atoms with Crippen molar-refractivity contribution in [3.8, 4) is 0 Å². The molecule has 156 valence electrons. The Labute approximate surface area is 171 Å². The maximum atomic E-state index is 12.5. The Morgan fingerprint density at radius 3 is 2.21 bits per heavy atom. The van der Waals surface area contributed by atoms with Crippen LogP contribution in [0.1, 0.15) is 35.3 Å². The van der Waals surface area contributed by atoms with Gasteiger partial charge >= 0.3 is 5.97 Å². The second kappa shape index (κ2) is 10.2. The third kappa shape index (κ3) is 5.88. The molecule has 0 aliphatic heterocycles. The molecule has 0 fully saturated rings. The summed E-state index contributed by atoms with van der Waals surface area (Å²) >= 11 is 0. The van der Waals surface area contributed by atoms with E-state index in [0.29, 0.717) is 19.6 Å². The summed E-state index contributed by atoms with van der Waals surface area (Å²) in [7, 11) is -3.59. The number of carbonyl (C=O) groups excluding carboxylic acids is 2. The molecule has 2 rings (SSSR count). The molecule has 0 spiro atoms. The zero-order valence-electron chi connectivity index (χ0n) is 16.8. The van der Waals surface area contributed by atoms with Gasteiger partial charge in [-0.15, -0.1) is 0 Å². The van der Waals surface area contributed by atoms with Crippen LogP contribution in [0, 0.1) is 6.92 Å². The number of nitrogens with zero attached hydrogens (tertiary/aromatic N) is 1. The van der Waals surface area contributed by atoms with Gasteiger partial charge in [0.15, 0.2) is 6.61 Å². The summed E-state index contributed by atoms with van der Waals surface area (Å²) in [5, 5.41) is 2.70. The molecule has 7 nitrogen and oxygen atoms in total. The van der Waals surface area contributed by atoms with E-state index in [-0.39, 0.29) is 10.5 Å². The average molecular weight is 419 g/mol. The lowest BCUT2D eigenvalue weighted by atomic mass is 10.1. The fourth-order valence-corrected chi connectivity index (χ4v) is 4.20. The van der Waals surface area contributed by atoms with E-state index in [4.69, 9.17) is 4.74 Å². The molecule has 2 aromatic carbocycles. The van der Waals surface area contributed by atoms with Crippen molar-refractivity contribution in [2.45, 2.75) is 32.2 Å². The highest BCUT2D eigenvalue weighted by Gasteiger charge is 2.22. The molecule has 1 N–H and O–H groups in total. The minimum absolute atomic E-state index is 0.105. The van der Waals surface area contributed by atoms with Gasteiger partial charge in [-0.3, -0.25) is 4.79 Å². The smallest absolute Gasteiger partial charge is 0.338 e. The molecule has 0 heterocycles. The highest BCUT2D eigenvalue weighted by molar-refractivity contribution is 7.89. The van der Waals surface area contributed by atoms with Crippen molar-refractivity contribution in [3.63, 3.8) is 0 Å². The first kappa shape index (κ1) is 22.6. The quantitative estimate of drug-likeness (QED) is 0.632. The van der Waals surface area contributed by atoms with Gasteiger partial charge in [-0.25, -0.2) is 13.2 Å². The maximum Gasteiger partial charge on any atom is 0.338 e. The van der Waals surface area contributed by atoms with Crippen LogP contribution in [0.4, 0.5) is 0 Å². The normalized spacial score (nSPS) is 11.3. The Bertz CT molecular complexity index is 951. The molecule has 1 amide bonds. The van der Waals surface area contributed by atoms with Gasteiger partial charge in [-0.05, 0) is 42.3 Å². The lowest BCUT2D eigenvalue weighted by Crippen LogP contribution is -2.30. The highest BCUT2D eigenvalue weighted by Crippen LogP contribution is 2.16. The number of esters is 1. The van der Waals surface area contributed by atoms with Crippen molar-refractivity contribution in [2.24, 2.45) is 0 Å². The molecular weight excluding hydrogens is 392 g/mol. The molecule has 2 aromatic rings. The number of ether oxygens (including phenoxy) is 1. The van der Waals surface area contributed by atoms with Crippen molar-refractivity contribution in [1.29, 1.82) is 0 Å². The van der Waals surface area contributed by atoms with Crippen molar-refractivity contribution in [3.05, 3.63) is 65.2 Å². The van der Waals surface area contributed by atoms with E-state index in [2.05, 4.69) is 5.32 Å². The zero-order chi connectivity index (χ0) is 21.4. The van der Waals surface area contributed by atoms with E-state index in [9.17, 15) is 18.0 Å². The van der Waals surface area contributed by atoms with Gasteiger partial charge in [0.1, 0.15) is 0 Å². The van der Waals surface area contributed by atoms with Gasteiger partial charge in [-0.1, -0.05) is 38.1 Å². The Hall–Kier alpha value is -2.71. The Kier molecular flexibility index (Phi) is 7.92. The van der Waals surface area contributed by atoms with Crippen LogP contribution in [0.3, 0.4) is 0 Å². The summed E-state index contributed by atoms with van der Waals surface area (Å²) in [5.74, 6) is -1.11. The monoisotopic (exact) mass is 418 g/mol. The molecule has 8 heteroatoms. The van der Waals surface area contributed by atoms with E-state index >= 15 is 0 Å². The summed E-state index contributed by atoms with van der Waals surface area (Å²) < 4.78 is 31.3. The molecule has 29 heavy (non-hydrogen) atoms. The highest BCUT2D eigenvalue weighted by atomic mass is 32.2. The lowest BCUT2D eigenvalue weighted by molar-refractivity contribution is -0.124. The third-order valence-corrected chi connectivity index (χ3v) is 6.57. The predicted octanol–water partition coefficient (Wildman–Crippen LogP) is 2.50. The van der Waals surface area contributed by atoms with E-state index in [1.807, 2.05) is 31.2 Å². The Morgan fingerprint density at radius 1 is 1.00 bits per heavy atom. The van der Waals surface area contributed by atoms with Gasteiger partial charge < -0.3 is 10.1 Å². The summed E-state index contributed by atoms with van der Waals surface area (Å²) in [6, 6.07) is 13.2. The molecule has 0 radical (unpaired) electrons. The summed E-state index contributed by atoms with van der Waals surface area (Å²) in [4.78, 5) is 24.1. The van der Waals surface area contributed by atoms with Gasteiger partial charge in [0.25, 0.3) is 5.91 Å². The third-order valence-electron chi connectivity index (χ3n) is 4.50. The number of nitrogens with one attached hydrogen (secondary N) is 1. The number of sulfonamides is 1. The summed E-state index contributed by atoms with van der Waals surface area (Å²) in [6.45, 7) is 6.13. The minimum atomic E-state index is -3.59. The van der Waals surface area contributed by atoms with Gasteiger partial charge in [0.2, 0.25) is 10.0 Å².